The van der Waals surface area contributed by atoms with Crippen molar-refractivity contribution in [1.82, 2.24) is 0 Å². The van der Waals surface area contributed by atoms with Crippen LogP contribution in [0.3, 0.4) is 0 Å². The smallest absolute Gasteiger partial charge is 0.318 e. The normalized spacial score (nSPS) is 17.0. The van der Waals surface area contributed by atoms with Crippen LogP contribution in [0.1, 0.15) is 20.8 Å². The van der Waals surface area contributed by atoms with E-state index in [9.17, 15) is 9.59 Å². The van der Waals surface area contributed by atoms with E-state index in [4.69, 9.17) is 10.2 Å². The molecule has 4 atom stereocenters. The van der Waals surface area contributed by atoms with Gasteiger partial charge in [0.1, 0.15) is 9.65 Å². The van der Waals surface area contributed by atoms with Crippen LogP contribution in [0.5, 0.6) is 0 Å². The highest BCUT2D eigenvalue weighted by atomic mass is 79.9. The third kappa shape index (κ3) is 4.54. The number of hydrogen-bond donors (Lipinski definition) is 2. The number of alkyl halides is 4. The maximum absolute atomic E-state index is 10.9. The van der Waals surface area contributed by atoms with Crippen molar-refractivity contribution in [3.63, 3.8) is 0 Å². The molecule has 0 aliphatic rings. The molecular formula is C12H10Br4O4. The molecular weight excluding hydrogens is 528 g/mol. The fourth-order valence-corrected chi connectivity index (χ4v) is 3.13. The van der Waals surface area contributed by atoms with Gasteiger partial charge in [-0.1, -0.05) is 88.0 Å². The molecule has 0 saturated carbocycles. The van der Waals surface area contributed by atoms with E-state index in [-0.39, 0.29) is 9.65 Å². The Hall–Kier alpha value is 0.0800. The highest BCUT2D eigenvalue weighted by Crippen LogP contribution is 2.35. The van der Waals surface area contributed by atoms with Gasteiger partial charge in [-0.25, -0.2) is 0 Å². The second-order valence-corrected chi connectivity index (χ2v) is 7.90. The number of hydrogen-bond acceptors (Lipinski definition) is 2. The molecule has 1 aromatic rings. The first kappa shape index (κ1) is 18.1. The van der Waals surface area contributed by atoms with E-state index >= 15 is 0 Å². The molecule has 20 heavy (non-hydrogen) atoms. The quantitative estimate of drug-likeness (QED) is 0.532. The third-order valence-corrected chi connectivity index (χ3v) is 7.93. The maximum atomic E-state index is 10.9. The Morgan fingerprint density at radius 2 is 1.00 bits per heavy atom. The first-order valence-electron chi connectivity index (χ1n) is 5.37. The molecule has 0 bridgehead atoms. The Labute approximate surface area is 149 Å². The Morgan fingerprint density at radius 1 is 0.750 bits per heavy atom. The number of carboxylic acids is 2. The number of benzene rings is 1. The highest BCUT2D eigenvalue weighted by Gasteiger charge is 2.26. The number of halogens is 4. The Bertz CT molecular complexity index is 446. The summed E-state index contributed by atoms with van der Waals surface area (Å²) < 4.78 is 0. The fourth-order valence-electron chi connectivity index (χ4n) is 1.45. The minimum Gasteiger partial charge on any atom is -0.480 e. The van der Waals surface area contributed by atoms with Crippen molar-refractivity contribution in [2.45, 2.75) is 19.3 Å². The molecule has 0 unspecified atom stereocenters. The van der Waals surface area contributed by atoms with E-state index in [2.05, 4.69) is 63.7 Å². The lowest BCUT2D eigenvalue weighted by molar-refractivity contribution is -0.137. The predicted molar refractivity (Wildman–Crippen MR) is 90.5 cm³/mol. The summed E-state index contributed by atoms with van der Waals surface area (Å²) in [6, 6.07) is 7.06. The van der Waals surface area contributed by atoms with Gasteiger partial charge in [0.25, 0.3) is 0 Å². The van der Waals surface area contributed by atoms with Gasteiger partial charge in [-0.3, -0.25) is 9.59 Å². The van der Waals surface area contributed by atoms with Gasteiger partial charge in [-0.15, -0.1) is 0 Å². The van der Waals surface area contributed by atoms with Crippen LogP contribution in [0, 0.1) is 0 Å². The van der Waals surface area contributed by atoms with Crippen molar-refractivity contribution in [2.75, 3.05) is 0 Å². The first-order valence-corrected chi connectivity index (χ1v) is 9.03. The van der Waals surface area contributed by atoms with Crippen LogP contribution in [0.4, 0.5) is 0 Å². The molecule has 0 saturated heterocycles. The van der Waals surface area contributed by atoms with E-state index in [1.54, 1.807) is 24.3 Å². The largest absolute Gasteiger partial charge is 0.480 e. The summed E-state index contributed by atoms with van der Waals surface area (Å²) >= 11 is 12.8. The summed E-state index contributed by atoms with van der Waals surface area (Å²) in [7, 11) is 0. The van der Waals surface area contributed by atoms with Crippen molar-refractivity contribution in [1.29, 1.82) is 0 Å². The topological polar surface area (TPSA) is 74.6 Å². The molecule has 110 valence electrons. The first-order chi connectivity index (χ1) is 9.25. The lowest BCUT2D eigenvalue weighted by atomic mass is 10.0. The second kappa shape index (κ2) is 7.91. The average molecular weight is 538 g/mol. The molecule has 0 aliphatic heterocycles. The molecule has 0 radical (unpaired) electrons. The molecule has 1 aromatic carbocycles. The van der Waals surface area contributed by atoms with Crippen LogP contribution in [-0.2, 0) is 9.59 Å². The average Bonchev–Trinajstić information content (AvgIpc) is 2.44. The summed E-state index contributed by atoms with van der Waals surface area (Å²) in [6.45, 7) is 0. The van der Waals surface area contributed by atoms with Gasteiger partial charge in [0.05, 0.1) is 9.65 Å². The Morgan fingerprint density at radius 3 is 1.20 bits per heavy atom. The van der Waals surface area contributed by atoms with Crippen molar-refractivity contribution < 1.29 is 19.8 Å². The lowest BCUT2D eigenvalue weighted by Gasteiger charge is -2.16. The minimum atomic E-state index is -0.958. The third-order valence-electron chi connectivity index (χ3n) is 2.56. The van der Waals surface area contributed by atoms with Crippen LogP contribution >= 0.6 is 63.7 Å². The van der Waals surface area contributed by atoms with Gasteiger partial charge >= 0.3 is 11.9 Å². The van der Waals surface area contributed by atoms with Crippen LogP contribution in [0.25, 0.3) is 0 Å². The van der Waals surface area contributed by atoms with Gasteiger partial charge in [0.2, 0.25) is 0 Å². The van der Waals surface area contributed by atoms with Gasteiger partial charge in [0.15, 0.2) is 0 Å². The van der Waals surface area contributed by atoms with Crippen molar-refractivity contribution in [3.05, 3.63) is 35.4 Å². The van der Waals surface area contributed by atoms with E-state index in [0.717, 1.165) is 11.1 Å². The second-order valence-electron chi connectivity index (χ2n) is 3.95. The molecule has 0 aromatic heterocycles. The molecule has 0 heterocycles. The summed E-state index contributed by atoms with van der Waals surface area (Å²) in [5.74, 6) is -1.92. The van der Waals surface area contributed by atoms with Gasteiger partial charge < -0.3 is 10.2 Å². The molecule has 0 fully saturated rings. The lowest BCUT2D eigenvalue weighted by Crippen LogP contribution is -2.19. The summed E-state index contributed by atoms with van der Waals surface area (Å²) in [6.07, 6.45) is 0. The van der Waals surface area contributed by atoms with Gasteiger partial charge in [0, 0.05) is 0 Å². The molecule has 0 spiro atoms. The molecule has 8 heteroatoms. The van der Waals surface area contributed by atoms with Crippen LogP contribution in [-0.4, -0.2) is 31.8 Å². The monoisotopic (exact) mass is 534 g/mol. The molecule has 4 nitrogen and oxygen atoms in total. The minimum absolute atomic E-state index is 0.373. The van der Waals surface area contributed by atoms with Crippen molar-refractivity contribution in [3.8, 4) is 0 Å². The Balaban J connectivity index is 2.89. The summed E-state index contributed by atoms with van der Waals surface area (Å²) in [4.78, 5) is 19.6. The van der Waals surface area contributed by atoms with E-state index in [1.807, 2.05) is 0 Å². The predicted octanol–water partition coefficient (Wildman–Crippen LogP) is 4.25. The van der Waals surface area contributed by atoms with Crippen LogP contribution in [0.15, 0.2) is 24.3 Å². The van der Waals surface area contributed by atoms with E-state index in [0.29, 0.717) is 0 Å². The molecule has 0 aliphatic carbocycles. The molecule has 0 amide bonds. The fraction of sp³-hybridized carbons (Fsp3) is 0.333. The van der Waals surface area contributed by atoms with Gasteiger partial charge in [-0.05, 0) is 11.1 Å². The zero-order valence-corrected chi connectivity index (χ0v) is 16.2. The van der Waals surface area contributed by atoms with Crippen LogP contribution < -0.4 is 0 Å². The maximum Gasteiger partial charge on any atom is 0.318 e. The number of rotatable bonds is 6. The van der Waals surface area contributed by atoms with Crippen molar-refractivity contribution in [2.24, 2.45) is 0 Å². The SMILES string of the molecule is O=C(O)[C@@H](Br)[C@H](Br)c1ccc([C@@H](Br)[C@@H](Br)C(=O)O)cc1. The van der Waals surface area contributed by atoms with E-state index in [1.165, 1.54) is 0 Å². The number of aliphatic carboxylic acids is 2. The standard InChI is InChI=1S/C12H10Br4O4/c13-7(9(15)11(17)18)5-1-2-6(4-3-5)8(14)10(16)12(19)20/h1-4,7-10H,(H,17,18)(H,19,20)/t7-,8-,9-,10+/m1/s1. The zero-order valence-electron chi connectivity index (χ0n) is 9.84. The Kier molecular flexibility index (Phi) is 7.17. The number of carbonyl (C=O) groups is 2. The van der Waals surface area contributed by atoms with Gasteiger partial charge in [-0.2, -0.15) is 0 Å². The summed E-state index contributed by atoms with van der Waals surface area (Å²) in [5, 5.41) is 17.9. The van der Waals surface area contributed by atoms with E-state index < -0.39 is 21.6 Å². The van der Waals surface area contributed by atoms with Crippen molar-refractivity contribution >= 4 is 75.7 Å². The van der Waals surface area contributed by atoms with Crippen LogP contribution in [0.2, 0.25) is 0 Å². The molecule has 1 rings (SSSR count). The summed E-state index contributed by atoms with van der Waals surface area (Å²) in [5.41, 5.74) is 1.58. The number of carboxylic acid groups (broad SMARTS) is 2. The molecule has 2 N–H and O–H groups in total. The zero-order chi connectivity index (χ0) is 15.4. The highest BCUT2D eigenvalue weighted by molar-refractivity contribution is 9.12.